The predicted molar refractivity (Wildman–Crippen MR) is 60.3 cm³/mol. The summed E-state index contributed by atoms with van der Waals surface area (Å²) in [4.78, 5) is 22.2. The third-order valence-corrected chi connectivity index (χ3v) is 2.60. The third-order valence-electron chi connectivity index (χ3n) is 2.60. The minimum atomic E-state index is -1.12. The molecule has 1 aromatic carbocycles. The summed E-state index contributed by atoms with van der Waals surface area (Å²) in [6, 6.07) is 7.05. The van der Waals surface area contributed by atoms with Gasteiger partial charge in [-0.05, 0) is 18.9 Å². The quantitative estimate of drug-likeness (QED) is 0.721. The molecule has 0 aliphatic carbocycles. The van der Waals surface area contributed by atoms with Crippen molar-refractivity contribution in [2.24, 2.45) is 7.05 Å². The van der Waals surface area contributed by atoms with Crippen molar-refractivity contribution in [3.05, 3.63) is 40.3 Å². The van der Waals surface area contributed by atoms with Crippen LogP contribution in [0.4, 0.5) is 0 Å². The lowest BCUT2D eigenvalue weighted by Gasteiger charge is -2.08. The molecular formula is C12H11N2O3-. The van der Waals surface area contributed by atoms with Crippen molar-refractivity contribution in [3.63, 3.8) is 0 Å². The number of hydrogen-bond acceptors (Lipinski definition) is 4. The van der Waals surface area contributed by atoms with Crippen LogP contribution in [0.3, 0.4) is 0 Å². The lowest BCUT2D eigenvalue weighted by molar-refractivity contribution is -0.305. The Labute approximate surface area is 97.3 Å². The van der Waals surface area contributed by atoms with Gasteiger partial charge >= 0.3 is 0 Å². The van der Waals surface area contributed by atoms with E-state index < -0.39 is 5.97 Å². The molecule has 0 aliphatic rings. The minimum absolute atomic E-state index is 0.102. The topological polar surface area (TPSA) is 75.0 Å². The molecule has 1 aromatic heterocycles. The first-order valence-corrected chi connectivity index (χ1v) is 5.24. The van der Waals surface area contributed by atoms with E-state index in [-0.39, 0.29) is 18.4 Å². The second-order valence-corrected chi connectivity index (χ2v) is 3.79. The standard InChI is InChI=1S/C12H12N2O3/c1-14-12(17)9-5-3-2-4-8(9)10(13-14)6-7-11(15)16/h2-5H,6-7H2,1H3,(H,15,16)/p-1. The molecule has 0 saturated carbocycles. The molecular weight excluding hydrogens is 220 g/mol. The summed E-state index contributed by atoms with van der Waals surface area (Å²) in [7, 11) is 1.55. The van der Waals surface area contributed by atoms with Gasteiger partial charge in [-0.15, -0.1) is 0 Å². The first-order chi connectivity index (χ1) is 8.09. The van der Waals surface area contributed by atoms with Crippen LogP contribution in [0.15, 0.2) is 29.1 Å². The number of hydrogen-bond donors (Lipinski definition) is 0. The maximum atomic E-state index is 11.8. The van der Waals surface area contributed by atoms with E-state index in [1.807, 2.05) is 0 Å². The Morgan fingerprint density at radius 1 is 1.35 bits per heavy atom. The molecule has 0 N–H and O–H groups in total. The number of aryl methyl sites for hydroxylation is 2. The first kappa shape index (κ1) is 11.3. The number of carboxylic acid groups (broad SMARTS) is 1. The van der Waals surface area contributed by atoms with E-state index in [1.165, 1.54) is 4.68 Å². The number of aromatic nitrogens is 2. The van der Waals surface area contributed by atoms with Gasteiger partial charge in [0.2, 0.25) is 0 Å². The Morgan fingerprint density at radius 3 is 2.65 bits per heavy atom. The average molecular weight is 231 g/mol. The van der Waals surface area contributed by atoms with Crippen LogP contribution in [0.1, 0.15) is 12.1 Å². The Hall–Kier alpha value is -2.17. The fraction of sp³-hybridized carbons (Fsp3) is 0.250. The van der Waals surface area contributed by atoms with E-state index in [2.05, 4.69) is 5.10 Å². The molecule has 2 rings (SSSR count). The highest BCUT2D eigenvalue weighted by atomic mass is 16.4. The highest BCUT2D eigenvalue weighted by Gasteiger charge is 2.07. The molecule has 0 radical (unpaired) electrons. The number of aliphatic carboxylic acids is 1. The molecule has 0 amide bonds. The number of carbonyl (C=O) groups is 1. The molecule has 0 bridgehead atoms. The van der Waals surface area contributed by atoms with Crippen molar-refractivity contribution in [1.29, 1.82) is 0 Å². The van der Waals surface area contributed by atoms with Gasteiger partial charge < -0.3 is 9.90 Å². The number of benzene rings is 1. The first-order valence-electron chi connectivity index (χ1n) is 5.24. The van der Waals surface area contributed by atoms with Crippen molar-refractivity contribution in [1.82, 2.24) is 9.78 Å². The van der Waals surface area contributed by atoms with E-state index in [9.17, 15) is 14.7 Å². The number of carbonyl (C=O) groups excluding carboxylic acids is 1. The Morgan fingerprint density at radius 2 is 2.00 bits per heavy atom. The SMILES string of the molecule is Cn1nc(CCC(=O)[O-])c2ccccc2c1=O. The van der Waals surface area contributed by atoms with E-state index in [1.54, 1.807) is 31.3 Å². The van der Waals surface area contributed by atoms with Gasteiger partial charge in [0, 0.05) is 18.4 Å². The molecule has 1 heterocycles. The zero-order valence-electron chi connectivity index (χ0n) is 9.34. The second kappa shape index (κ2) is 4.37. The lowest BCUT2D eigenvalue weighted by Crippen LogP contribution is -2.24. The largest absolute Gasteiger partial charge is 0.550 e. The monoisotopic (exact) mass is 231 g/mol. The fourth-order valence-electron chi connectivity index (χ4n) is 1.78. The van der Waals surface area contributed by atoms with E-state index in [0.717, 1.165) is 0 Å². The van der Waals surface area contributed by atoms with Crippen LogP contribution in [0, 0.1) is 0 Å². The van der Waals surface area contributed by atoms with Gasteiger partial charge in [0.1, 0.15) is 0 Å². The molecule has 0 spiro atoms. The molecule has 0 unspecified atom stereocenters. The lowest BCUT2D eigenvalue weighted by atomic mass is 10.1. The number of carboxylic acids is 1. The van der Waals surface area contributed by atoms with Crippen LogP contribution in [-0.4, -0.2) is 15.7 Å². The molecule has 5 nitrogen and oxygen atoms in total. The van der Waals surface area contributed by atoms with E-state index in [0.29, 0.717) is 16.5 Å². The van der Waals surface area contributed by atoms with Gasteiger partial charge in [-0.25, -0.2) is 4.68 Å². The molecule has 0 aliphatic heterocycles. The summed E-state index contributed by atoms with van der Waals surface area (Å²) in [5.74, 6) is -1.12. The van der Waals surface area contributed by atoms with E-state index in [4.69, 9.17) is 0 Å². The van der Waals surface area contributed by atoms with Crippen molar-refractivity contribution in [2.75, 3.05) is 0 Å². The summed E-state index contributed by atoms with van der Waals surface area (Å²) in [6.45, 7) is 0. The normalized spacial score (nSPS) is 10.6. The van der Waals surface area contributed by atoms with Gasteiger partial charge in [-0.1, -0.05) is 18.2 Å². The molecule has 2 aromatic rings. The maximum Gasteiger partial charge on any atom is 0.274 e. The number of rotatable bonds is 3. The molecule has 0 saturated heterocycles. The summed E-state index contributed by atoms with van der Waals surface area (Å²) < 4.78 is 1.23. The predicted octanol–water partition coefficient (Wildman–Crippen LogP) is -0.384. The van der Waals surface area contributed by atoms with Crippen molar-refractivity contribution in [2.45, 2.75) is 12.8 Å². The summed E-state index contributed by atoms with van der Waals surface area (Å²) in [5.41, 5.74) is 0.421. The van der Waals surface area contributed by atoms with Crippen LogP contribution in [0.5, 0.6) is 0 Å². The summed E-state index contributed by atoms with van der Waals surface area (Å²) in [6.07, 6.45) is 0.159. The van der Waals surface area contributed by atoms with Gasteiger partial charge in [-0.3, -0.25) is 4.79 Å². The van der Waals surface area contributed by atoms with E-state index >= 15 is 0 Å². The zero-order valence-corrected chi connectivity index (χ0v) is 9.34. The summed E-state index contributed by atoms with van der Waals surface area (Å²) in [5, 5.41) is 15.8. The third kappa shape index (κ3) is 2.18. The highest BCUT2D eigenvalue weighted by Crippen LogP contribution is 2.14. The Bertz CT molecular complexity index is 631. The Kier molecular flexibility index (Phi) is 2.91. The van der Waals surface area contributed by atoms with Crippen LogP contribution < -0.4 is 10.7 Å². The van der Waals surface area contributed by atoms with Gasteiger partial charge in [-0.2, -0.15) is 5.10 Å². The van der Waals surface area contributed by atoms with Crippen LogP contribution in [-0.2, 0) is 18.3 Å². The number of fused-ring (bicyclic) bond motifs is 1. The zero-order chi connectivity index (χ0) is 12.4. The van der Waals surface area contributed by atoms with Gasteiger partial charge in [0.25, 0.3) is 5.56 Å². The molecule has 5 heteroatoms. The molecule has 0 atom stereocenters. The maximum absolute atomic E-state index is 11.8. The smallest absolute Gasteiger partial charge is 0.274 e. The molecule has 0 fully saturated rings. The van der Waals surface area contributed by atoms with Crippen LogP contribution in [0.2, 0.25) is 0 Å². The van der Waals surface area contributed by atoms with Gasteiger partial charge in [0.05, 0.1) is 11.1 Å². The minimum Gasteiger partial charge on any atom is -0.550 e. The van der Waals surface area contributed by atoms with Crippen molar-refractivity contribution in [3.8, 4) is 0 Å². The fourth-order valence-corrected chi connectivity index (χ4v) is 1.78. The highest BCUT2D eigenvalue weighted by molar-refractivity contribution is 5.83. The second-order valence-electron chi connectivity index (χ2n) is 3.79. The average Bonchev–Trinajstić information content (AvgIpc) is 2.32. The molecule has 17 heavy (non-hydrogen) atoms. The van der Waals surface area contributed by atoms with Crippen molar-refractivity contribution < 1.29 is 9.90 Å². The number of nitrogens with zero attached hydrogens (tertiary/aromatic N) is 2. The van der Waals surface area contributed by atoms with Crippen LogP contribution >= 0.6 is 0 Å². The Balaban J connectivity index is 2.59. The van der Waals surface area contributed by atoms with Crippen molar-refractivity contribution >= 4 is 16.7 Å². The van der Waals surface area contributed by atoms with Gasteiger partial charge in [0.15, 0.2) is 0 Å². The van der Waals surface area contributed by atoms with Crippen LogP contribution in [0.25, 0.3) is 10.8 Å². The summed E-state index contributed by atoms with van der Waals surface area (Å²) >= 11 is 0. The molecule has 88 valence electrons.